The molecule has 0 amide bonds. The Labute approximate surface area is 83.7 Å². The molecule has 1 fully saturated rings. The smallest absolute Gasteiger partial charge is 0.194 e. The molecule has 1 aliphatic rings. The summed E-state index contributed by atoms with van der Waals surface area (Å²) in [5, 5.41) is 3.37. The van der Waals surface area contributed by atoms with Crippen molar-refractivity contribution < 1.29 is 9.15 Å². The van der Waals surface area contributed by atoms with Gasteiger partial charge in [-0.25, -0.2) is 4.98 Å². The maximum Gasteiger partial charge on any atom is 0.194 e. The van der Waals surface area contributed by atoms with Gasteiger partial charge < -0.3 is 14.5 Å². The van der Waals surface area contributed by atoms with Gasteiger partial charge in [-0.1, -0.05) is 6.92 Å². The molecule has 1 aromatic heterocycles. The lowest BCUT2D eigenvalue weighted by molar-refractivity contribution is 0.0753. The van der Waals surface area contributed by atoms with Crippen molar-refractivity contribution in [2.24, 2.45) is 0 Å². The van der Waals surface area contributed by atoms with E-state index in [-0.39, 0.29) is 6.04 Å². The van der Waals surface area contributed by atoms with Crippen LogP contribution in [-0.2, 0) is 11.2 Å². The predicted octanol–water partition coefficient (Wildman–Crippen LogP) is 1.21. The molecule has 1 saturated heterocycles. The summed E-state index contributed by atoms with van der Waals surface area (Å²) < 4.78 is 10.9. The Morgan fingerprint density at radius 1 is 1.57 bits per heavy atom. The molecule has 14 heavy (non-hydrogen) atoms. The number of aryl methyl sites for hydroxylation is 2. The molecule has 0 spiro atoms. The molecular formula is C10H16N2O2. The standard InChI is InChI=1S/C10H16N2O2/c1-3-9-12-10(7(2)14-9)8-6-13-5-4-11-8/h8,11H,3-6H2,1-2H3. The van der Waals surface area contributed by atoms with E-state index in [0.717, 1.165) is 36.9 Å². The molecule has 0 radical (unpaired) electrons. The zero-order chi connectivity index (χ0) is 9.97. The van der Waals surface area contributed by atoms with Crippen molar-refractivity contribution >= 4 is 0 Å². The van der Waals surface area contributed by atoms with Gasteiger partial charge in [0.2, 0.25) is 0 Å². The summed E-state index contributed by atoms with van der Waals surface area (Å²) in [7, 11) is 0. The van der Waals surface area contributed by atoms with Crippen molar-refractivity contribution in [2.45, 2.75) is 26.3 Å². The Kier molecular flexibility index (Phi) is 2.84. The molecule has 1 atom stereocenters. The third-order valence-corrected chi connectivity index (χ3v) is 2.43. The molecular weight excluding hydrogens is 180 g/mol. The van der Waals surface area contributed by atoms with Crippen molar-refractivity contribution in [3.8, 4) is 0 Å². The summed E-state index contributed by atoms with van der Waals surface area (Å²) in [6, 6.07) is 0.202. The molecule has 0 bridgehead atoms. The number of morpholine rings is 1. The van der Waals surface area contributed by atoms with Crippen LogP contribution >= 0.6 is 0 Å². The highest BCUT2D eigenvalue weighted by Gasteiger charge is 2.21. The predicted molar refractivity (Wildman–Crippen MR) is 52.2 cm³/mol. The van der Waals surface area contributed by atoms with E-state index in [2.05, 4.69) is 10.3 Å². The summed E-state index contributed by atoms with van der Waals surface area (Å²) in [5.74, 6) is 1.72. The second kappa shape index (κ2) is 4.11. The minimum atomic E-state index is 0.202. The first-order chi connectivity index (χ1) is 6.81. The van der Waals surface area contributed by atoms with Gasteiger partial charge in [-0.05, 0) is 6.92 Å². The van der Waals surface area contributed by atoms with Gasteiger partial charge in [-0.3, -0.25) is 0 Å². The van der Waals surface area contributed by atoms with E-state index in [1.165, 1.54) is 0 Å². The quantitative estimate of drug-likeness (QED) is 0.772. The average molecular weight is 196 g/mol. The summed E-state index contributed by atoms with van der Waals surface area (Å²) in [4.78, 5) is 4.44. The van der Waals surface area contributed by atoms with Crippen LogP contribution in [0.2, 0.25) is 0 Å². The third kappa shape index (κ3) is 1.81. The van der Waals surface area contributed by atoms with Crippen LogP contribution in [0.1, 0.15) is 30.3 Å². The molecule has 1 aliphatic heterocycles. The third-order valence-electron chi connectivity index (χ3n) is 2.43. The maximum atomic E-state index is 5.51. The van der Waals surface area contributed by atoms with Crippen molar-refractivity contribution in [3.63, 3.8) is 0 Å². The molecule has 0 aliphatic carbocycles. The SMILES string of the molecule is CCc1nc(C2COCCN2)c(C)o1. The molecule has 2 heterocycles. The van der Waals surface area contributed by atoms with E-state index in [0.29, 0.717) is 6.61 Å². The summed E-state index contributed by atoms with van der Waals surface area (Å²) in [5.41, 5.74) is 1.00. The number of nitrogens with zero attached hydrogens (tertiary/aromatic N) is 1. The summed E-state index contributed by atoms with van der Waals surface area (Å²) in [6.07, 6.45) is 0.842. The normalized spacial score (nSPS) is 22.6. The highest BCUT2D eigenvalue weighted by atomic mass is 16.5. The largest absolute Gasteiger partial charge is 0.446 e. The van der Waals surface area contributed by atoms with Crippen LogP contribution in [-0.4, -0.2) is 24.7 Å². The highest BCUT2D eigenvalue weighted by molar-refractivity contribution is 5.14. The number of aromatic nitrogens is 1. The Morgan fingerprint density at radius 2 is 2.43 bits per heavy atom. The zero-order valence-corrected chi connectivity index (χ0v) is 8.67. The van der Waals surface area contributed by atoms with Crippen molar-refractivity contribution in [1.29, 1.82) is 0 Å². The zero-order valence-electron chi connectivity index (χ0n) is 8.67. The second-order valence-corrected chi connectivity index (χ2v) is 3.48. The van der Waals surface area contributed by atoms with Crippen molar-refractivity contribution in [2.75, 3.05) is 19.8 Å². The van der Waals surface area contributed by atoms with Gasteiger partial charge in [-0.2, -0.15) is 0 Å². The van der Waals surface area contributed by atoms with Gasteiger partial charge >= 0.3 is 0 Å². The summed E-state index contributed by atoms with van der Waals surface area (Å²) in [6.45, 7) is 6.36. The monoisotopic (exact) mass is 196 g/mol. The van der Waals surface area contributed by atoms with Gasteiger partial charge in [0.1, 0.15) is 11.5 Å². The molecule has 1 aromatic rings. The average Bonchev–Trinajstić information content (AvgIpc) is 2.61. The van der Waals surface area contributed by atoms with Crippen LogP contribution in [0.3, 0.4) is 0 Å². The number of rotatable bonds is 2. The van der Waals surface area contributed by atoms with Crippen LogP contribution in [0.25, 0.3) is 0 Å². The van der Waals surface area contributed by atoms with Gasteiger partial charge in [0.15, 0.2) is 5.89 Å². The summed E-state index contributed by atoms with van der Waals surface area (Å²) >= 11 is 0. The number of ether oxygens (including phenoxy) is 1. The molecule has 1 N–H and O–H groups in total. The molecule has 78 valence electrons. The number of hydrogen-bond donors (Lipinski definition) is 1. The van der Waals surface area contributed by atoms with Crippen molar-refractivity contribution in [1.82, 2.24) is 10.3 Å². The number of nitrogens with one attached hydrogen (secondary N) is 1. The highest BCUT2D eigenvalue weighted by Crippen LogP contribution is 2.20. The lowest BCUT2D eigenvalue weighted by Gasteiger charge is -2.22. The minimum Gasteiger partial charge on any atom is -0.446 e. The van der Waals surface area contributed by atoms with Gasteiger partial charge in [0, 0.05) is 13.0 Å². The lowest BCUT2D eigenvalue weighted by atomic mass is 10.2. The number of oxazole rings is 1. The van der Waals surface area contributed by atoms with Gasteiger partial charge in [0.25, 0.3) is 0 Å². The van der Waals surface area contributed by atoms with E-state index >= 15 is 0 Å². The lowest BCUT2D eigenvalue weighted by Crippen LogP contribution is -2.35. The van der Waals surface area contributed by atoms with Crippen LogP contribution in [0.4, 0.5) is 0 Å². The fraction of sp³-hybridized carbons (Fsp3) is 0.700. The van der Waals surface area contributed by atoms with Crippen LogP contribution in [0.5, 0.6) is 0 Å². The first-order valence-corrected chi connectivity index (χ1v) is 5.08. The fourth-order valence-corrected chi connectivity index (χ4v) is 1.68. The Bertz CT molecular complexity index is 303. The van der Waals surface area contributed by atoms with Gasteiger partial charge in [0.05, 0.1) is 19.3 Å². The molecule has 0 saturated carbocycles. The molecule has 0 aromatic carbocycles. The van der Waals surface area contributed by atoms with E-state index in [1.807, 2.05) is 13.8 Å². The second-order valence-electron chi connectivity index (χ2n) is 3.48. The first kappa shape index (κ1) is 9.68. The van der Waals surface area contributed by atoms with Crippen LogP contribution in [0.15, 0.2) is 4.42 Å². The fourth-order valence-electron chi connectivity index (χ4n) is 1.68. The Balaban J connectivity index is 2.17. The van der Waals surface area contributed by atoms with Crippen LogP contribution < -0.4 is 5.32 Å². The van der Waals surface area contributed by atoms with E-state index < -0.39 is 0 Å². The molecule has 4 nitrogen and oxygen atoms in total. The Hall–Kier alpha value is -0.870. The van der Waals surface area contributed by atoms with Crippen LogP contribution in [0, 0.1) is 6.92 Å². The molecule has 2 rings (SSSR count). The van der Waals surface area contributed by atoms with E-state index in [1.54, 1.807) is 0 Å². The van der Waals surface area contributed by atoms with E-state index in [4.69, 9.17) is 9.15 Å². The van der Waals surface area contributed by atoms with E-state index in [9.17, 15) is 0 Å². The first-order valence-electron chi connectivity index (χ1n) is 5.08. The van der Waals surface area contributed by atoms with Gasteiger partial charge in [-0.15, -0.1) is 0 Å². The topological polar surface area (TPSA) is 47.3 Å². The molecule has 1 unspecified atom stereocenters. The Morgan fingerprint density at radius 3 is 3.00 bits per heavy atom. The maximum absolute atomic E-state index is 5.51. The number of hydrogen-bond acceptors (Lipinski definition) is 4. The minimum absolute atomic E-state index is 0.202. The van der Waals surface area contributed by atoms with Crippen molar-refractivity contribution in [3.05, 3.63) is 17.3 Å². The molecule has 4 heteroatoms.